The zero-order valence-electron chi connectivity index (χ0n) is 10.5. The van der Waals surface area contributed by atoms with Crippen molar-refractivity contribution in [1.29, 1.82) is 0 Å². The van der Waals surface area contributed by atoms with E-state index in [0.29, 0.717) is 24.1 Å². The fraction of sp³-hybridized carbons (Fsp3) is 1.00. The number of hydrogen-bond acceptors (Lipinski definition) is 3. The van der Waals surface area contributed by atoms with E-state index in [2.05, 4.69) is 33.0 Å². The maximum absolute atomic E-state index is 5.76. The van der Waals surface area contributed by atoms with Crippen molar-refractivity contribution in [1.82, 2.24) is 5.32 Å². The van der Waals surface area contributed by atoms with E-state index in [-0.39, 0.29) is 0 Å². The van der Waals surface area contributed by atoms with Crippen LogP contribution < -0.4 is 5.32 Å². The van der Waals surface area contributed by atoms with Crippen LogP contribution in [0.2, 0.25) is 0 Å². The fourth-order valence-corrected chi connectivity index (χ4v) is 1.61. The maximum atomic E-state index is 5.76. The number of hydrogen-bond donors (Lipinski definition) is 1. The highest BCUT2D eigenvalue weighted by atomic mass is 16.5. The molecule has 15 heavy (non-hydrogen) atoms. The molecule has 1 aliphatic rings. The summed E-state index contributed by atoms with van der Waals surface area (Å²) < 4.78 is 11.0. The first-order valence-corrected chi connectivity index (χ1v) is 6.05. The molecule has 3 heteroatoms. The van der Waals surface area contributed by atoms with E-state index >= 15 is 0 Å². The Labute approximate surface area is 93.5 Å². The van der Waals surface area contributed by atoms with E-state index in [4.69, 9.17) is 9.47 Å². The summed E-state index contributed by atoms with van der Waals surface area (Å²) in [5, 5.41) is 3.54. The van der Waals surface area contributed by atoms with Gasteiger partial charge in [0.25, 0.3) is 0 Å². The van der Waals surface area contributed by atoms with E-state index in [1.54, 1.807) is 0 Å². The van der Waals surface area contributed by atoms with Crippen LogP contribution in [0.4, 0.5) is 0 Å². The molecule has 0 saturated carbocycles. The fourth-order valence-electron chi connectivity index (χ4n) is 1.61. The third kappa shape index (κ3) is 4.96. The van der Waals surface area contributed by atoms with Crippen molar-refractivity contribution in [2.75, 3.05) is 19.8 Å². The Morgan fingerprint density at radius 1 is 1.33 bits per heavy atom. The first-order valence-electron chi connectivity index (χ1n) is 6.05. The molecule has 1 rings (SSSR count). The van der Waals surface area contributed by atoms with Crippen molar-refractivity contribution in [3.05, 3.63) is 0 Å². The molecular weight excluding hydrogens is 190 g/mol. The van der Waals surface area contributed by atoms with Crippen LogP contribution in [0.5, 0.6) is 0 Å². The van der Waals surface area contributed by atoms with Crippen molar-refractivity contribution < 1.29 is 9.47 Å². The van der Waals surface area contributed by atoms with Gasteiger partial charge in [-0.05, 0) is 26.2 Å². The molecular formula is C12H25NO2. The van der Waals surface area contributed by atoms with Crippen LogP contribution in [0, 0.1) is 5.92 Å². The zero-order valence-corrected chi connectivity index (χ0v) is 10.5. The third-order valence-corrected chi connectivity index (χ3v) is 3.02. The normalized spacial score (nSPS) is 25.8. The Bertz CT molecular complexity index is 167. The molecule has 3 nitrogen and oxygen atoms in total. The van der Waals surface area contributed by atoms with E-state index in [1.165, 1.54) is 0 Å². The Kier molecular flexibility index (Phi) is 5.58. The highest BCUT2D eigenvalue weighted by Crippen LogP contribution is 2.09. The SMILES string of the molecule is CC(COC1CCOC1)NC(C)C(C)C. The van der Waals surface area contributed by atoms with Gasteiger partial charge >= 0.3 is 0 Å². The molecule has 0 radical (unpaired) electrons. The molecule has 0 amide bonds. The van der Waals surface area contributed by atoms with Gasteiger partial charge in [-0.2, -0.15) is 0 Å². The van der Waals surface area contributed by atoms with Crippen LogP contribution in [0.3, 0.4) is 0 Å². The van der Waals surface area contributed by atoms with Gasteiger partial charge in [0.2, 0.25) is 0 Å². The molecule has 1 N–H and O–H groups in total. The minimum atomic E-state index is 0.323. The Balaban J connectivity index is 2.09. The molecule has 90 valence electrons. The minimum Gasteiger partial charge on any atom is -0.379 e. The van der Waals surface area contributed by atoms with Crippen molar-refractivity contribution >= 4 is 0 Å². The Morgan fingerprint density at radius 2 is 2.07 bits per heavy atom. The van der Waals surface area contributed by atoms with Crippen LogP contribution in [0.15, 0.2) is 0 Å². The molecule has 0 aromatic heterocycles. The molecule has 1 saturated heterocycles. The summed E-state index contributed by atoms with van der Waals surface area (Å²) in [6, 6.07) is 0.964. The van der Waals surface area contributed by atoms with Crippen LogP contribution in [0.1, 0.15) is 34.1 Å². The molecule has 3 atom stereocenters. The van der Waals surface area contributed by atoms with Gasteiger partial charge in [-0.1, -0.05) is 13.8 Å². The molecule has 0 bridgehead atoms. The van der Waals surface area contributed by atoms with Gasteiger partial charge in [-0.3, -0.25) is 0 Å². The Hall–Kier alpha value is -0.120. The average Bonchev–Trinajstić information content (AvgIpc) is 2.66. The summed E-state index contributed by atoms with van der Waals surface area (Å²) in [7, 11) is 0. The predicted molar refractivity (Wildman–Crippen MR) is 62.1 cm³/mol. The molecule has 1 fully saturated rings. The lowest BCUT2D eigenvalue weighted by atomic mass is 10.1. The van der Waals surface area contributed by atoms with Crippen LogP contribution in [-0.2, 0) is 9.47 Å². The monoisotopic (exact) mass is 215 g/mol. The van der Waals surface area contributed by atoms with Crippen molar-refractivity contribution in [3.8, 4) is 0 Å². The quantitative estimate of drug-likeness (QED) is 0.733. The highest BCUT2D eigenvalue weighted by Gasteiger charge is 2.17. The number of ether oxygens (including phenoxy) is 2. The average molecular weight is 215 g/mol. The lowest BCUT2D eigenvalue weighted by molar-refractivity contribution is 0.0303. The molecule has 0 spiro atoms. The van der Waals surface area contributed by atoms with Crippen molar-refractivity contribution in [2.24, 2.45) is 5.92 Å². The molecule has 0 aromatic rings. The van der Waals surface area contributed by atoms with Gasteiger partial charge in [-0.25, -0.2) is 0 Å². The number of rotatable bonds is 6. The van der Waals surface area contributed by atoms with Gasteiger partial charge < -0.3 is 14.8 Å². The first-order chi connectivity index (χ1) is 7.09. The second-order valence-corrected chi connectivity index (χ2v) is 4.92. The van der Waals surface area contributed by atoms with E-state index in [0.717, 1.165) is 26.2 Å². The van der Waals surface area contributed by atoms with E-state index in [1.807, 2.05) is 0 Å². The Morgan fingerprint density at radius 3 is 2.60 bits per heavy atom. The van der Waals surface area contributed by atoms with E-state index in [9.17, 15) is 0 Å². The summed E-state index contributed by atoms with van der Waals surface area (Å²) in [4.78, 5) is 0. The molecule has 1 heterocycles. The van der Waals surface area contributed by atoms with Gasteiger partial charge in [0.15, 0.2) is 0 Å². The molecule has 0 aromatic carbocycles. The van der Waals surface area contributed by atoms with Crippen molar-refractivity contribution in [2.45, 2.75) is 52.3 Å². The summed E-state index contributed by atoms with van der Waals surface area (Å²) in [6.07, 6.45) is 1.37. The summed E-state index contributed by atoms with van der Waals surface area (Å²) in [5.41, 5.74) is 0. The van der Waals surface area contributed by atoms with Crippen molar-refractivity contribution in [3.63, 3.8) is 0 Å². The molecule has 3 unspecified atom stereocenters. The van der Waals surface area contributed by atoms with Gasteiger partial charge in [0.1, 0.15) is 0 Å². The van der Waals surface area contributed by atoms with Gasteiger partial charge in [-0.15, -0.1) is 0 Å². The minimum absolute atomic E-state index is 0.323. The molecule has 0 aliphatic carbocycles. The molecule has 1 aliphatic heterocycles. The standard InChI is InChI=1S/C12H25NO2/c1-9(2)11(4)13-10(3)7-15-12-5-6-14-8-12/h9-13H,5-8H2,1-4H3. The second-order valence-electron chi connectivity index (χ2n) is 4.92. The zero-order chi connectivity index (χ0) is 11.3. The summed E-state index contributed by atoms with van der Waals surface area (Å²) in [5.74, 6) is 0.669. The maximum Gasteiger partial charge on any atom is 0.0831 e. The lowest BCUT2D eigenvalue weighted by Crippen LogP contribution is -2.41. The van der Waals surface area contributed by atoms with E-state index < -0.39 is 0 Å². The lowest BCUT2D eigenvalue weighted by Gasteiger charge is -2.23. The summed E-state index contributed by atoms with van der Waals surface area (Å²) >= 11 is 0. The van der Waals surface area contributed by atoms with Crippen LogP contribution in [-0.4, -0.2) is 38.0 Å². The first kappa shape index (κ1) is 12.9. The smallest absolute Gasteiger partial charge is 0.0831 e. The van der Waals surface area contributed by atoms with Crippen LogP contribution in [0.25, 0.3) is 0 Å². The van der Waals surface area contributed by atoms with Crippen LogP contribution >= 0.6 is 0 Å². The van der Waals surface area contributed by atoms with Gasteiger partial charge in [0, 0.05) is 18.7 Å². The second kappa shape index (κ2) is 6.46. The van der Waals surface area contributed by atoms with Gasteiger partial charge in [0.05, 0.1) is 19.3 Å². The largest absolute Gasteiger partial charge is 0.379 e. The summed E-state index contributed by atoms with van der Waals surface area (Å²) in [6.45, 7) is 11.3. The predicted octanol–water partition coefficient (Wildman–Crippen LogP) is 1.81. The third-order valence-electron chi connectivity index (χ3n) is 3.02. The number of nitrogens with one attached hydrogen (secondary N) is 1. The highest BCUT2D eigenvalue weighted by molar-refractivity contribution is 4.71. The topological polar surface area (TPSA) is 30.5 Å².